The molecule has 0 spiro atoms. The summed E-state index contributed by atoms with van der Waals surface area (Å²) < 4.78 is 9.88. The van der Waals surface area contributed by atoms with E-state index in [4.69, 9.17) is 19.7 Å². The van der Waals surface area contributed by atoms with Crippen LogP contribution in [0.15, 0.2) is 60.7 Å². The maximum atomic E-state index is 11.1. The Hall–Kier alpha value is -3.10. The van der Waals surface area contributed by atoms with Gasteiger partial charge in [-0.25, -0.2) is 9.59 Å². The maximum absolute atomic E-state index is 11.1. The van der Waals surface area contributed by atoms with Gasteiger partial charge in [0.05, 0.1) is 25.3 Å². The number of ether oxygens (including phenoxy) is 2. The minimum absolute atomic E-state index is 0.0968. The van der Waals surface area contributed by atoms with Crippen LogP contribution in [-0.2, 0) is 22.7 Å². The van der Waals surface area contributed by atoms with Crippen LogP contribution >= 0.6 is 0 Å². The molecule has 30 heavy (non-hydrogen) atoms. The second-order valence-corrected chi connectivity index (χ2v) is 6.58. The molecule has 0 aliphatic rings. The molecular formula is C22H30N2O6. The molecule has 164 valence electrons. The third-order valence-electron chi connectivity index (χ3n) is 3.70. The zero-order chi connectivity index (χ0) is 22.2. The molecule has 0 saturated heterocycles. The zero-order valence-corrected chi connectivity index (χ0v) is 17.3. The van der Waals surface area contributed by atoms with Gasteiger partial charge in [-0.3, -0.25) is 0 Å². The first-order chi connectivity index (χ1) is 14.4. The summed E-state index contributed by atoms with van der Waals surface area (Å²) in [6.45, 7) is 3.68. The topological polar surface area (TPSA) is 117 Å². The molecule has 4 N–H and O–H groups in total. The van der Waals surface area contributed by atoms with E-state index in [1.165, 1.54) is 0 Å². The predicted octanol–water partition coefficient (Wildman–Crippen LogP) is 2.59. The Morgan fingerprint density at radius 2 is 1.07 bits per heavy atom. The van der Waals surface area contributed by atoms with E-state index in [0.29, 0.717) is 0 Å². The average Bonchev–Trinajstić information content (AvgIpc) is 2.78. The summed E-state index contributed by atoms with van der Waals surface area (Å²) in [5, 5.41) is 22.4. The molecule has 2 amide bonds. The van der Waals surface area contributed by atoms with Crippen LogP contribution in [0.1, 0.15) is 25.0 Å². The first kappa shape index (κ1) is 24.9. The van der Waals surface area contributed by atoms with E-state index in [9.17, 15) is 9.59 Å². The number of carbonyl (C=O) groups excluding carboxylic acids is 2. The highest BCUT2D eigenvalue weighted by atomic mass is 16.6. The van der Waals surface area contributed by atoms with E-state index in [1.54, 1.807) is 13.8 Å². The molecule has 0 heterocycles. The second-order valence-electron chi connectivity index (χ2n) is 6.58. The standard InChI is InChI=1S/2C11H15NO3/c2*1-9(7-13)12-11(14)15-8-10-5-3-2-4-6-10/h2*2-6,9,13H,7-8H2,1H3,(H,12,14)/t2*9-/m11/s1. The average molecular weight is 418 g/mol. The number of aliphatic hydroxyl groups is 2. The lowest BCUT2D eigenvalue weighted by Gasteiger charge is -2.10. The summed E-state index contributed by atoms with van der Waals surface area (Å²) in [5.41, 5.74) is 1.87. The van der Waals surface area contributed by atoms with Crippen LogP contribution in [0.2, 0.25) is 0 Å². The molecule has 0 aliphatic heterocycles. The van der Waals surface area contributed by atoms with Gasteiger partial charge in [0.15, 0.2) is 0 Å². The Morgan fingerprint density at radius 3 is 1.37 bits per heavy atom. The fourth-order valence-corrected chi connectivity index (χ4v) is 2.02. The molecule has 0 fully saturated rings. The van der Waals surface area contributed by atoms with Gasteiger partial charge in [-0.1, -0.05) is 60.7 Å². The number of amides is 2. The molecule has 0 bridgehead atoms. The molecule has 8 nitrogen and oxygen atoms in total. The second kappa shape index (κ2) is 14.8. The van der Waals surface area contributed by atoms with E-state index in [0.717, 1.165) is 11.1 Å². The highest BCUT2D eigenvalue weighted by Gasteiger charge is 2.07. The summed E-state index contributed by atoms with van der Waals surface area (Å²) in [6.07, 6.45) is -1.03. The lowest BCUT2D eigenvalue weighted by molar-refractivity contribution is 0.130. The largest absolute Gasteiger partial charge is 0.445 e. The number of alkyl carbamates (subject to hydrolysis) is 2. The Morgan fingerprint density at radius 1 is 0.733 bits per heavy atom. The molecule has 2 rings (SSSR count). The van der Waals surface area contributed by atoms with Crippen molar-refractivity contribution in [2.75, 3.05) is 13.2 Å². The van der Waals surface area contributed by atoms with Crippen molar-refractivity contribution in [3.05, 3.63) is 71.8 Å². The predicted molar refractivity (Wildman–Crippen MR) is 113 cm³/mol. The van der Waals surface area contributed by atoms with E-state index in [2.05, 4.69) is 10.6 Å². The monoisotopic (exact) mass is 418 g/mol. The van der Waals surface area contributed by atoms with Gasteiger partial charge in [-0.15, -0.1) is 0 Å². The summed E-state index contributed by atoms with van der Waals surface area (Å²) in [4.78, 5) is 22.3. The van der Waals surface area contributed by atoms with Crippen molar-refractivity contribution < 1.29 is 29.3 Å². The van der Waals surface area contributed by atoms with Gasteiger partial charge in [0.2, 0.25) is 0 Å². The van der Waals surface area contributed by atoms with Crippen LogP contribution < -0.4 is 10.6 Å². The third-order valence-corrected chi connectivity index (χ3v) is 3.70. The van der Waals surface area contributed by atoms with Gasteiger partial charge < -0.3 is 30.3 Å². The van der Waals surface area contributed by atoms with Crippen molar-refractivity contribution in [3.63, 3.8) is 0 Å². The Kier molecular flexibility index (Phi) is 12.3. The van der Waals surface area contributed by atoms with Crippen LogP contribution in [0.3, 0.4) is 0 Å². The van der Waals surface area contributed by atoms with Crippen LogP contribution in [-0.4, -0.2) is 47.7 Å². The number of aliphatic hydroxyl groups excluding tert-OH is 2. The Bertz CT molecular complexity index is 663. The zero-order valence-electron chi connectivity index (χ0n) is 17.3. The third kappa shape index (κ3) is 11.7. The SMILES string of the molecule is C[C@H](CO)NC(=O)OCc1ccccc1.C[C@H](CO)NC(=O)OCc1ccccc1. The summed E-state index contributed by atoms with van der Waals surface area (Å²) in [6, 6.07) is 18.3. The van der Waals surface area contributed by atoms with E-state index in [1.807, 2.05) is 60.7 Å². The van der Waals surface area contributed by atoms with Crippen molar-refractivity contribution in [1.82, 2.24) is 10.6 Å². The van der Waals surface area contributed by atoms with Crippen molar-refractivity contribution in [1.29, 1.82) is 0 Å². The number of rotatable bonds is 8. The number of carbonyl (C=O) groups is 2. The lowest BCUT2D eigenvalue weighted by Crippen LogP contribution is -2.35. The minimum atomic E-state index is -0.514. The first-order valence-corrected chi connectivity index (χ1v) is 9.60. The fraction of sp³-hybridized carbons (Fsp3) is 0.364. The Labute approximate surface area is 176 Å². The summed E-state index contributed by atoms with van der Waals surface area (Å²) in [5.74, 6) is 0. The van der Waals surface area contributed by atoms with Gasteiger partial charge in [-0.05, 0) is 25.0 Å². The smallest absolute Gasteiger partial charge is 0.407 e. The molecule has 0 aromatic heterocycles. The van der Waals surface area contributed by atoms with Crippen LogP contribution in [0.5, 0.6) is 0 Å². The molecule has 2 atom stereocenters. The Balaban J connectivity index is 0.000000300. The van der Waals surface area contributed by atoms with Crippen molar-refractivity contribution in [3.8, 4) is 0 Å². The van der Waals surface area contributed by atoms with Gasteiger partial charge in [0.25, 0.3) is 0 Å². The van der Waals surface area contributed by atoms with E-state index in [-0.39, 0.29) is 38.5 Å². The summed E-state index contributed by atoms with van der Waals surface area (Å²) >= 11 is 0. The van der Waals surface area contributed by atoms with Crippen LogP contribution in [0.4, 0.5) is 9.59 Å². The lowest BCUT2D eigenvalue weighted by atomic mass is 10.2. The van der Waals surface area contributed by atoms with Crippen molar-refractivity contribution in [2.45, 2.75) is 39.1 Å². The van der Waals surface area contributed by atoms with Gasteiger partial charge in [0, 0.05) is 0 Å². The van der Waals surface area contributed by atoms with E-state index < -0.39 is 12.2 Å². The van der Waals surface area contributed by atoms with Crippen molar-refractivity contribution in [2.24, 2.45) is 0 Å². The normalized spacial score (nSPS) is 11.9. The molecule has 2 aromatic carbocycles. The van der Waals surface area contributed by atoms with Crippen LogP contribution in [0, 0.1) is 0 Å². The molecule has 0 unspecified atom stereocenters. The minimum Gasteiger partial charge on any atom is -0.445 e. The first-order valence-electron chi connectivity index (χ1n) is 9.60. The van der Waals surface area contributed by atoms with E-state index >= 15 is 0 Å². The van der Waals surface area contributed by atoms with Gasteiger partial charge in [-0.2, -0.15) is 0 Å². The highest BCUT2D eigenvalue weighted by molar-refractivity contribution is 5.67. The highest BCUT2D eigenvalue weighted by Crippen LogP contribution is 2.01. The molecule has 2 aromatic rings. The number of benzene rings is 2. The quantitative estimate of drug-likeness (QED) is 0.524. The van der Waals surface area contributed by atoms with Crippen LogP contribution in [0.25, 0.3) is 0 Å². The maximum Gasteiger partial charge on any atom is 0.407 e. The number of hydrogen-bond acceptors (Lipinski definition) is 6. The van der Waals surface area contributed by atoms with Crippen molar-refractivity contribution >= 4 is 12.2 Å². The molecule has 0 aliphatic carbocycles. The molecular weight excluding hydrogens is 388 g/mol. The number of nitrogens with one attached hydrogen (secondary N) is 2. The number of hydrogen-bond donors (Lipinski definition) is 4. The van der Waals surface area contributed by atoms with Gasteiger partial charge >= 0.3 is 12.2 Å². The van der Waals surface area contributed by atoms with Gasteiger partial charge in [0.1, 0.15) is 13.2 Å². The molecule has 0 radical (unpaired) electrons. The molecule has 8 heteroatoms. The summed E-state index contributed by atoms with van der Waals surface area (Å²) in [7, 11) is 0. The molecule has 0 saturated carbocycles. The fourth-order valence-electron chi connectivity index (χ4n) is 2.02.